The molecule has 2 rings (SSSR count). The summed E-state index contributed by atoms with van der Waals surface area (Å²) in [6, 6.07) is 14.9. The first-order valence-corrected chi connectivity index (χ1v) is 6.39. The SMILES string of the molecule is N#CCCN(C(=O)c1ccc(O)c(O)c1)c1ccccc1. The van der Waals surface area contributed by atoms with E-state index in [9.17, 15) is 15.0 Å². The Kier molecular flexibility index (Phi) is 4.42. The maximum atomic E-state index is 12.5. The molecule has 0 aliphatic rings. The number of rotatable bonds is 4. The van der Waals surface area contributed by atoms with Crippen LogP contribution in [0.25, 0.3) is 0 Å². The van der Waals surface area contributed by atoms with E-state index >= 15 is 0 Å². The van der Waals surface area contributed by atoms with Crippen LogP contribution < -0.4 is 4.90 Å². The molecule has 0 radical (unpaired) electrons. The zero-order valence-electron chi connectivity index (χ0n) is 11.2. The van der Waals surface area contributed by atoms with Gasteiger partial charge in [0, 0.05) is 17.8 Å². The molecule has 0 unspecified atom stereocenters. The van der Waals surface area contributed by atoms with Crippen molar-refractivity contribution in [3.05, 3.63) is 54.1 Å². The van der Waals surface area contributed by atoms with Crippen molar-refractivity contribution in [1.82, 2.24) is 0 Å². The molecule has 0 bridgehead atoms. The van der Waals surface area contributed by atoms with Gasteiger partial charge in [0.2, 0.25) is 0 Å². The summed E-state index contributed by atoms with van der Waals surface area (Å²) in [5.41, 5.74) is 0.914. The molecule has 0 aliphatic heterocycles. The second-order valence-electron chi connectivity index (χ2n) is 4.40. The molecular weight excluding hydrogens is 268 g/mol. The van der Waals surface area contributed by atoms with Crippen LogP contribution in [0, 0.1) is 11.3 Å². The van der Waals surface area contributed by atoms with Crippen molar-refractivity contribution in [1.29, 1.82) is 5.26 Å². The Morgan fingerprint density at radius 3 is 2.43 bits per heavy atom. The van der Waals surface area contributed by atoms with Crippen molar-refractivity contribution >= 4 is 11.6 Å². The maximum Gasteiger partial charge on any atom is 0.258 e. The molecule has 2 N–H and O–H groups in total. The minimum atomic E-state index is -0.353. The van der Waals surface area contributed by atoms with Crippen molar-refractivity contribution in [3.63, 3.8) is 0 Å². The fraction of sp³-hybridized carbons (Fsp3) is 0.125. The topological polar surface area (TPSA) is 84.6 Å². The lowest BCUT2D eigenvalue weighted by molar-refractivity contribution is 0.0987. The van der Waals surface area contributed by atoms with E-state index in [1.54, 1.807) is 24.3 Å². The Balaban J connectivity index is 2.34. The minimum absolute atomic E-state index is 0.199. The highest BCUT2D eigenvalue weighted by molar-refractivity contribution is 6.06. The normalized spacial score (nSPS) is 9.86. The molecule has 106 valence electrons. The lowest BCUT2D eigenvalue weighted by Crippen LogP contribution is -2.31. The van der Waals surface area contributed by atoms with Crippen molar-refractivity contribution in [2.24, 2.45) is 0 Å². The molecule has 0 aromatic heterocycles. The number of nitrogens with zero attached hydrogens (tertiary/aromatic N) is 2. The van der Waals surface area contributed by atoms with Gasteiger partial charge in [-0.25, -0.2) is 0 Å². The quantitative estimate of drug-likeness (QED) is 0.844. The number of phenols is 2. The van der Waals surface area contributed by atoms with Crippen LogP contribution in [0.3, 0.4) is 0 Å². The van der Waals surface area contributed by atoms with Gasteiger partial charge in [0.25, 0.3) is 5.91 Å². The summed E-state index contributed by atoms with van der Waals surface area (Å²) in [4.78, 5) is 14.0. The summed E-state index contributed by atoms with van der Waals surface area (Å²) in [6.45, 7) is 0.251. The predicted molar refractivity (Wildman–Crippen MR) is 78.1 cm³/mol. The molecule has 0 heterocycles. The number of carbonyl (C=O) groups excluding carboxylic acids is 1. The van der Waals surface area contributed by atoms with Crippen LogP contribution in [0.15, 0.2) is 48.5 Å². The zero-order valence-corrected chi connectivity index (χ0v) is 11.2. The second-order valence-corrected chi connectivity index (χ2v) is 4.40. The summed E-state index contributed by atoms with van der Waals surface area (Å²) in [5, 5.41) is 27.5. The number of carbonyl (C=O) groups is 1. The van der Waals surface area contributed by atoms with Crippen molar-refractivity contribution in [2.45, 2.75) is 6.42 Å². The largest absolute Gasteiger partial charge is 0.504 e. The van der Waals surface area contributed by atoms with Gasteiger partial charge in [-0.1, -0.05) is 18.2 Å². The highest BCUT2D eigenvalue weighted by Gasteiger charge is 2.18. The first-order valence-electron chi connectivity index (χ1n) is 6.39. The van der Waals surface area contributed by atoms with Crippen LogP contribution in [0.1, 0.15) is 16.8 Å². The average molecular weight is 282 g/mol. The van der Waals surface area contributed by atoms with E-state index in [1.807, 2.05) is 12.1 Å². The van der Waals surface area contributed by atoms with Crippen molar-refractivity contribution in [2.75, 3.05) is 11.4 Å². The third-order valence-electron chi connectivity index (χ3n) is 2.98. The Bertz CT molecular complexity index is 678. The molecule has 0 aliphatic carbocycles. The van der Waals surface area contributed by atoms with Crippen LogP contribution in [0.2, 0.25) is 0 Å². The van der Waals surface area contributed by atoms with Gasteiger partial charge in [0.1, 0.15) is 0 Å². The lowest BCUT2D eigenvalue weighted by Gasteiger charge is -2.22. The molecule has 0 spiro atoms. The lowest BCUT2D eigenvalue weighted by atomic mass is 10.1. The summed E-state index contributed by atoms with van der Waals surface area (Å²) in [6.07, 6.45) is 0.199. The second kappa shape index (κ2) is 6.44. The number of amides is 1. The van der Waals surface area contributed by atoms with E-state index in [-0.39, 0.29) is 35.9 Å². The fourth-order valence-corrected chi connectivity index (χ4v) is 1.93. The fourth-order valence-electron chi connectivity index (χ4n) is 1.93. The van der Waals surface area contributed by atoms with Crippen LogP contribution in [0.4, 0.5) is 5.69 Å². The number of hydrogen-bond acceptors (Lipinski definition) is 4. The first kappa shape index (κ1) is 14.4. The highest BCUT2D eigenvalue weighted by atomic mass is 16.3. The Morgan fingerprint density at radius 2 is 1.81 bits per heavy atom. The molecule has 5 heteroatoms. The highest BCUT2D eigenvalue weighted by Crippen LogP contribution is 2.26. The minimum Gasteiger partial charge on any atom is -0.504 e. The molecule has 5 nitrogen and oxygen atoms in total. The number of benzene rings is 2. The number of phenolic OH excluding ortho intramolecular Hbond substituents is 2. The Morgan fingerprint density at radius 1 is 1.10 bits per heavy atom. The van der Waals surface area contributed by atoms with Gasteiger partial charge in [-0.2, -0.15) is 5.26 Å². The summed E-state index contributed by atoms with van der Waals surface area (Å²) in [7, 11) is 0. The summed E-state index contributed by atoms with van der Waals surface area (Å²) < 4.78 is 0. The Labute approximate surface area is 122 Å². The standard InChI is InChI=1S/C16H14N2O3/c17-9-4-10-18(13-5-2-1-3-6-13)16(21)12-7-8-14(19)15(20)11-12/h1-3,5-8,11,19-20H,4,10H2. The van der Waals surface area contributed by atoms with Crippen molar-refractivity contribution < 1.29 is 15.0 Å². The Hall–Kier alpha value is -3.00. The number of hydrogen-bond donors (Lipinski definition) is 2. The maximum absolute atomic E-state index is 12.5. The molecule has 1 amide bonds. The number of para-hydroxylation sites is 1. The van der Waals surface area contributed by atoms with Gasteiger partial charge >= 0.3 is 0 Å². The molecule has 2 aromatic rings. The molecule has 0 saturated heterocycles. The monoisotopic (exact) mass is 282 g/mol. The number of nitriles is 1. The third-order valence-corrected chi connectivity index (χ3v) is 2.98. The summed E-state index contributed by atoms with van der Waals surface area (Å²) >= 11 is 0. The molecule has 21 heavy (non-hydrogen) atoms. The number of aromatic hydroxyl groups is 2. The molecule has 0 saturated carbocycles. The molecule has 0 fully saturated rings. The van der Waals surface area contributed by atoms with Crippen LogP contribution in [-0.2, 0) is 0 Å². The van der Waals surface area contributed by atoms with Gasteiger partial charge in [-0.05, 0) is 30.3 Å². The molecule has 0 atom stereocenters. The van der Waals surface area contributed by atoms with E-state index in [0.29, 0.717) is 5.69 Å². The van der Waals surface area contributed by atoms with Crippen molar-refractivity contribution in [3.8, 4) is 17.6 Å². The van der Waals surface area contributed by atoms with E-state index in [0.717, 1.165) is 0 Å². The number of anilines is 1. The van der Waals surface area contributed by atoms with Gasteiger partial charge in [0.15, 0.2) is 11.5 Å². The third kappa shape index (κ3) is 3.31. The van der Waals surface area contributed by atoms with Gasteiger partial charge in [0.05, 0.1) is 12.5 Å². The van der Waals surface area contributed by atoms with Gasteiger partial charge in [-0.15, -0.1) is 0 Å². The van der Waals surface area contributed by atoms with E-state index < -0.39 is 0 Å². The van der Waals surface area contributed by atoms with Gasteiger partial charge in [-0.3, -0.25) is 4.79 Å². The van der Waals surface area contributed by atoms with Gasteiger partial charge < -0.3 is 15.1 Å². The average Bonchev–Trinajstić information content (AvgIpc) is 2.51. The zero-order chi connectivity index (χ0) is 15.2. The molecular formula is C16H14N2O3. The smallest absolute Gasteiger partial charge is 0.258 e. The molecule has 2 aromatic carbocycles. The first-order chi connectivity index (χ1) is 10.1. The van der Waals surface area contributed by atoms with E-state index in [2.05, 4.69) is 0 Å². The van der Waals surface area contributed by atoms with E-state index in [4.69, 9.17) is 5.26 Å². The van der Waals surface area contributed by atoms with E-state index in [1.165, 1.54) is 23.1 Å². The van der Waals surface area contributed by atoms with Crippen LogP contribution in [-0.4, -0.2) is 22.7 Å². The summed E-state index contributed by atoms with van der Waals surface area (Å²) in [5.74, 6) is -0.976. The van der Waals surface area contributed by atoms with Crippen LogP contribution in [0.5, 0.6) is 11.5 Å². The predicted octanol–water partition coefficient (Wildman–Crippen LogP) is 2.66. The van der Waals surface area contributed by atoms with Crippen LogP contribution >= 0.6 is 0 Å².